The van der Waals surface area contributed by atoms with E-state index >= 15 is 0 Å². The Morgan fingerprint density at radius 3 is 2.14 bits per heavy atom. The fraction of sp³-hybridized carbons (Fsp3) is 0.652. The molecule has 1 aromatic carbocycles. The van der Waals surface area contributed by atoms with Crippen LogP contribution in [-0.2, 0) is 0 Å². The molecular formula is C23H30ClF3O. The monoisotopic (exact) mass is 414 g/mol. The highest BCUT2D eigenvalue weighted by molar-refractivity contribution is 6.31. The summed E-state index contributed by atoms with van der Waals surface area (Å²) in [5, 5.41) is 0.0158. The molecule has 2 aliphatic rings. The molecule has 0 bridgehead atoms. The van der Waals surface area contributed by atoms with Crippen molar-refractivity contribution >= 4 is 11.6 Å². The van der Waals surface area contributed by atoms with Gasteiger partial charge in [-0.3, -0.25) is 0 Å². The molecular weight excluding hydrogens is 385 g/mol. The number of benzene rings is 1. The van der Waals surface area contributed by atoms with E-state index in [0.717, 1.165) is 43.1 Å². The molecule has 2 fully saturated rings. The topological polar surface area (TPSA) is 9.23 Å². The van der Waals surface area contributed by atoms with E-state index in [1.165, 1.54) is 31.7 Å². The Labute approximate surface area is 171 Å². The predicted octanol–water partition coefficient (Wildman–Crippen LogP) is 7.78. The molecule has 0 aliphatic heterocycles. The number of allylic oxidation sites excluding steroid dienone is 2. The fourth-order valence-electron chi connectivity index (χ4n) is 4.54. The molecule has 0 spiro atoms. The van der Waals surface area contributed by atoms with Gasteiger partial charge in [0, 0.05) is 0 Å². The lowest BCUT2D eigenvalue weighted by Crippen LogP contribution is -2.14. The van der Waals surface area contributed by atoms with E-state index in [4.69, 9.17) is 16.3 Å². The van der Waals surface area contributed by atoms with Gasteiger partial charge in [-0.25, -0.2) is 13.2 Å². The highest BCUT2D eigenvalue weighted by atomic mass is 35.5. The third-order valence-corrected chi connectivity index (χ3v) is 6.75. The van der Waals surface area contributed by atoms with Crippen LogP contribution in [0.2, 0.25) is 5.02 Å². The van der Waals surface area contributed by atoms with Crippen LogP contribution in [0, 0.1) is 23.6 Å². The Morgan fingerprint density at radius 1 is 1.00 bits per heavy atom. The summed E-state index contributed by atoms with van der Waals surface area (Å²) in [4.78, 5) is 0. The van der Waals surface area contributed by atoms with Gasteiger partial charge in [-0.15, -0.1) is 0 Å². The Hall–Kier alpha value is -1.16. The van der Waals surface area contributed by atoms with Crippen molar-refractivity contribution in [2.75, 3.05) is 6.61 Å². The average Bonchev–Trinajstić information content (AvgIpc) is 2.69. The molecule has 0 atom stereocenters. The zero-order valence-electron chi connectivity index (χ0n) is 16.5. The predicted molar refractivity (Wildman–Crippen MR) is 108 cm³/mol. The van der Waals surface area contributed by atoms with Gasteiger partial charge in [0.15, 0.2) is 11.6 Å². The van der Waals surface area contributed by atoms with E-state index in [-0.39, 0.29) is 16.7 Å². The molecule has 5 heteroatoms. The van der Waals surface area contributed by atoms with E-state index < -0.39 is 18.8 Å². The van der Waals surface area contributed by atoms with Crippen molar-refractivity contribution in [3.8, 4) is 5.75 Å². The number of hydrogen-bond donors (Lipinski definition) is 0. The molecule has 2 saturated carbocycles. The van der Waals surface area contributed by atoms with Gasteiger partial charge in [0.05, 0.1) is 5.02 Å². The highest BCUT2D eigenvalue weighted by Gasteiger charge is 2.25. The maximum absolute atomic E-state index is 14.4. The van der Waals surface area contributed by atoms with Gasteiger partial charge in [0.2, 0.25) is 0 Å². The van der Waals surface area contributed by atoms with Crippen LogP contribution in [0.1, 0.15) is 69.8 Å². The maximum Gasteiger partial charge on any atom is 0.272 e. The minimum absolute atomic E-state index is 0.0158. The van der Waals surface area contributed by atoms with E-state index in [1.54, 1.807) is 6.07 Å². The van der Waals surface area contributed by atoms with Gasteiger partial charge >= 0.3 is 0 Å². The van der Waals surface area contributed by atoms with Crippen LogP contribution in [0.5, 0.6) is 5.75 Å². The molecule has 0 aromatic heterocycles. The smallest absolute Gasteiger partial charge is 0.272 e. The van der Waals surface area contributed by atoms with E-state index in [0.29, 0.717) is 5.92 Å². The standard InChI is InChI=1S/C23H30ClF3O/c1-15-2-4-16(5-3-15)6-7-17-8-10-18(11-9-17)19-12-13-20(23(27)22(19)24)28-14-21(25)26/h6-7,12-13,15-18,21H,2-5,8-11,14H2,1H3/b7-6+. The molecule has 0 unspecified atom stereocenters. The zero-order valence-corrected chi connectivity index (χ0v) is 17.2. The van der Waals surface area contributed by atoms with Gasteiger partial charge in [-0.2, -0.15) is 0 Å². The molecule has 2 aliphatic carbocycles. The largest absolute Gasteiger partial charge is 0.485 e. The van der Waals surface area contributed by atoms with Crippen molar-refractivity contribution in [1.29, 1.82) is 0 Å². The molecule has 28 heavy (non-hydrogen) atoms. The Kier molecular flexibility index (Phi) is 7.73. The molecule has 0 radical (unpaired) electrons. The lowest BCUT2D eigenvalue weighted by Gasteiger charge is -2.29. The minimum Gasteiger partial charge on any atom is -0.485 e. The third-order valence-electron chi connectivity index (χ3n) is 6.37. The normalized spacial score (nSPS) is 28.8. The third kappa shape index (κ3) is 5.68. The summed E-state index contributed by atoms with van der Waals surface area (Å²) < 4.78 is 43.7. The summed E-state index contributed by atoms with van der Waals surface area (Å²) >= 11 is 6.20. The summed E-state index contributed by atoms with van der Waals surface area (Å²) in [6.07, 6.45) is 11.6. The molecule has 1 aromatic rings. The van der Waals surface area contributed by atoms with Crippen LogP contribution in [0.25, 0.3) is 0 Å². The molecule has 3 rings (SSSR count). The van der Waals surface area contributed by atoms with Gasteiger partial charge < -0.3 is 4.74 Å². The molecule has 0 heterocycles. The van der Waals surface area contributed by atoms with Crippen LogP contribution >= 0.6 is 11.6 Å². The first-order chi connectivity index (χ1) is 13.4. The van der Waals surface area contributed by atoms with Crippen LogP contribution in [-0.4, -0.2) is 13.0 Å². The molecule has 156 valence electrons. The van der Waals surface area contributed by atoms with Crippen molar-refractivity contribution in [3.05, 3.63) is 40.7 Å². The number of ether oxygens (including phenoxy) is 1. The maximum atomic E-state index is 14.4. The van der Waals surface area contributed by atoms with Crippen LogP contribution in [0.3, 0.4) is 0 Å². The Morgan fingerprint density at radius 2 is 1.57 bits per heavy atom. The Bertz CT molecular complexity index is 660. The molecule has 1 nitrogen and oxygen atoms in total. The number of alkyl halides is 2. The summed E-state index contributed by atoms with van der Waals surface area (Å²) in [6, 6.07) is 3.16. The number of halogens is 4. The fourth-order valence-corrected chi connectivity index (χ4v) is 4.85. The summed E-state index contributed by atoms with van der Waals surface area (Å²) in [5.74, 6) is 1.48. The van der Waals surface area contributed by atoms with Crippen molar-refractivity contribution in [3.63, 3.8) is 0 Å². The summed E-state index contributed by atoms with van der Waals surface area (Å²) in [5.41, 5.74) is 0.771. The van der Waals surface area contributed by atoms with E-state index in [1.807, 2.05) is 0 Å². The molecule has 0 saturated heterocycles. The Balaban J connectivity index is 1.53. The second kappa shape index (κ2) is 10.0. The van der Waals surface area contributed by atoms with Crippen molar-refractivity contribution in [1.82, 2.24) is 0 Å². The minimum atomic E-state index is -2.64. The van der Waals surface area contributed by atoms with E-state index in [2.05, 4.69) is 19.1 Å². The average molecular weight is 415 g/mol. The SMILES string of the molecule is CC1CCC(/C=C/C2CCC(c3ccc(OCC(F)F)c(F)c3Cl)CC2)CC1. The number of rotatable bonds is 6. The lowest BCUT2D eigenvalue weighted by atomic mass is 9.77. The second-order valence-corrected chi connectivity index (χ2v) is 8.88. The van der Waals surface area contributed by atoms with Gasteiger partial charge in [-0.05, 0) is 73.8 Å². The van der Waals surface area contributed by atoms with Gasteiger partial charge in [0.1, 0.15) is 6.61 Å². The van der Waals surface area contributed by atoms with E-state index in [9.17, 15) is 13.2 Å². The highest BCUT2D eigenvalue weighted by Crippen LogP contribution is 2.41. The summed E-state index contributed by atoms with van der Waals surface area (Å²) in [7, 11) is 0. The first kappa shape index (κ1) is 21.5. The van der Waals surface area contributed by atoms with Crippen LogP contribution in [0.15, 0.2) is 24.3 Å². The quantitative estimate of drug-likeness (QED) is 0.432. The molecule has 0 amide bonds. The second-order valence-electron chi connectivity index (χ2n) is 8.50. The lowest BCUT2D eigenvalue weighted by molar-refractivity contribution is 0.0799. The first-order valence-electron chi connectivity index (χ1n) is 10.5. The van der Waals surface area contributed by atoms with Crippen molar-refractivity contribution in [2.24, 2.45) is 17.8 Å². The first-order valence-corrected chi connectivity index (χ1v) is 10.9. The van der Waals surface area contributed by atoms with Crippen LogP contribution < -0.4 is 4.74 Å². The zero-order chi connectivity index (χ0) is 20.1. The van der Waals surface area contributed by atoms with Crippen LogP contribution in [0.4, 0.5) is 13.2 Å². The number of hydrogen-bond acceptors (Lipinski definition) is 1. The summed E-state index contributed by atoms with van der Waals surface area (Å²) in [6.45, 7) is 1.51. The van der Waals surface area contributed by atoms with Crippen molar-refractivity contribution < 1.29 is 17.9 Å². The molecule has 0 N–H and O–H groups in total. The van der Waals surface area contributed by atoms with Gasteiger partial charge in [0.25, 0.3) is 6.43 Å². The van der Waals surface area contributed by atoms with Gasteiger partial charge in [-0.1, -0.05) is 49.6 Å². The van der Waals surface area contributed by atoms with Crippen molar-refractivity contribution in [2.45, 2.75) is 70.6 Å².